The van der Waals surface area contributed by atoms with Crippen LogP contribution in [0.5, 0.6) is 0 Å². The fourth-order valence-electron chi connectivity index (χ4n) is 2.96. The zero-order valence-corrected chi connectivity index (χ0v) is 11.2. The minimum absolute atomic E-state index is 0.0758. The van der Waals surface area contributed by atoms with E-state index in [4.69, 9.17) is 10.2 Å². The quantitative estimate of drug-likeness (QED) is 0.640. The zero-order chi connectivity index (χ0) is 14.2. The first-order valence-electron chi connectivity index (χ1n) is 6.93. The first-order chi connectivity index (χ1) is 9.62. The van der Waals surface area contributed by atoms with Crippen molar-refractivity contribution in [3.63, 3.8) is 0 Å². The number of aliphatic hydroxyl groups excluding tert-OH is 1. The summed E-state index contributed by atoms with van der Waals surface area (Å²) >= 11 is 0. The standard InChI is InChI=1S/C14H19N3O3/c15-9-6-12-11(16-13(19)20-12)7-10(9)17-14(8-18)4-2-1-3-5-14/h6-7,17-18H,1-5,8,15H2,(H,16,19). The van der Waals surface area contributed by atoms with Gasteiger partial charge in [-0.25, -0.2) is 4.79 Å². The number of fused-ring (bicyclic) bond motifs is 1. The first-order valence-corrected chi connectivity index (χ1v) is 6.93. The second-order valence-electron chi connectivity index (χ2n) is 5.57. The van der Waals surface area contributed by atoms with Crippen LogP contribution in [0.4, 0.5) is 11.4 Å². The second-order valence-corrected chi connectivity index (χ2v) is 5.57. The number of H-pyrrole nitrogens is 1. The van der Waals surface area contributed by atoms with Crippen molar-refractivity contribution in [2.75, 3.05) is 17.7 Å². The van der Waals surface area contributed by atoms with E-state index in [0.717, 1.165) is 31.4 Å². The summed E-state index contributed by atoms with van der Waals surface area (Å²) in [7, 11) is 0. The van der Waals surface area contributed by atoms with Gasteiger partial charge in [0.05, 0.1) is 29.0 Å². The van der Waals surface area contributed by atoms with Crippen LogP contribution in [-0.2, 0) is 0 Å². The van der Waals surface area contributed by atoms with E-state index >= 15 is 0 Å². The molecule has 1 aliphatic carbocycles. The molecule has 0 radical (unpaired) electrons. The van der Waals surface area contributed by atoms with Gasteiger partial charge >= 0.3 is 5.76 Å². The predicted molar refractivity (Wildman–Crippen MR) is 77.8 cm³/mol. The molecule has 5 N–H and O–H groups in total. The molecule has 0 amide bonds. The van der Waals surface area contributed by atoms with Crippen molar-refractivity contribution in [3.8, 4) is 0 Å². The minimum atomic E-state index is -0.494. The Bertz CT molecular complexity index is 668. The van der Waals surface area contributed by atoms with Crippen molar-refractivity contribution in [3.05, 3.63) is 22.7 Å². The molecular weight excluding hydrogens is 258 g/mol. The number of nitrogens with two attached hydrogens (primary N) is 1. The van der Waals surface area contributed by atoms with Crippen LogP contribution in [0.1, 0.15) is 32.1 Å². The smallest absolute Gasteiger partial charge is 0.408 e. The molecule has 6 heteroatoms. The van der Waals surface area contributed by atoms with Crippen molar-refractivity contribution in [2.24, 2.45) is 0 Å². The SMILES string of the molecule is Nc1cc2oc(=O)[nH]c2cc1NC1(CO)CCCCC1. The summed E-state index contributed by atoms with van der Waals surface area (Å²) in [4.78, 5) is 13.8. The molecule has 20 heavy (non-hydrogen) atoms. The van der Waals surface area contributed by atoms with E-state index in [1.54, 1.807) is 12.1 Å². The van der Waals surface area contributed by atoms with Crippen molar-refractivity contribution in [1.82, 2.24) is 4.98 Å². The number of hydrogen-bond donors (Lipinski definition) is 4. The lowest BCUT2D eigenvalue weighted by Gasteiger charge is -2.37. The van der Waals surface area contributed by atoms with Gasteiger partial charge in [-0.1, -0.05) is 19.3 Å². The van der Waals surface area contributed by atoms with E-state index in [0.29, 0.717) is 16.8 Å². The van der Waals surface area contributed by atoms with Crippen LogP contribution < -0.4 is 16.8 Å². The number of aliphatic hydroxyl groups is 1. The third-order valence-corrected chi connectivity index (χ3v) is 4.10. The molecule has 0 saturated heterocycles. The first kappa shape index (κ1) is 13.1. The lowest BCUT2D eigenvalue weighted by atomic mass is 9.82. The summed E-state index contributed by atoms with van der Waals surface area (Å²) in [6, 6.07) is 3.39. The van der Waals surface area contributed by atoms with Crippen LogP contribution in [0.3, 0.4) is 0 Å². The molecule has 0 spiro atoms. The van der Waals surface area contributed by atoms with E-state index in [1.807, 2.05) is 0 Å². The van der Waals surface area contributed by atoms with Crippen LogP contribution in [0, 0.1) is 0 Å². The highest BCUT2D eigenvalue weighted by molar-refractivity contribution is 5.85. The molecule has 1 aromatic carbocycles. The van der Waals surface area contributed by atoms with E-state index in [9.17, 15) is 9.90 Å². The predicted octanol–water partition coefficient (Wildman–Crippen LogP) is 1.81. The molecule has 1 heterocycles. The molecule has 6 nitrogen and oxygen atoms in total. The molecule has 1 aromatic heterocycles. The molecule has 1 saturated carbocycles. The fraction of sp³-hybridized carbons (Fsp3) is 0.500. The summed E-state index contributed by atoms with van der Waals surface area (Å²) in [5.41, 5.74) is 7.98. The van der Waals surface area contributed by atoms with Gasteiger partial charge in [0.2, 0.25) is 0 Å². The number of hydrogen-bond acceptors (Lipinski definition) is 5. The van der Waals surface area contributed by atoms with Crippen molar-refractivity contribution >= 4 is 22.5 Å². The molecule has 1 aliphatic rings. The number of anilines is 2. The molecule has 0 atom stereocenters. The second kappa shape index (κ2) is 4.86. The van der Waals surface area contributed by atoms with Crippen LogP contribution in [-0.4, -0.2) is 22.2 Å². The highest BCUT2D eigenvalue weighted by Crippen LogP contribution is 2.34. The number of nitrogen functional groups attached to an aromatic ring is 1. The van der Waals surface area contributed by atoms with E-state index in [1.165, 1.54) is 6.42 Å². The van der Waals surface area contributed by atoms with Crippen LogP contribution in [0.25, 0.3) is 11.1 Å². The van der Waals surface area contributed by atoms with Gasteiger partial charge in [-0.05, 0) is 18.9 Å². The van der Waals surface area contributed by atoms with Crippen LogP contribution >= 0.6 is 0 Å². The zero-order valence-electron chi connectivity index (χ0n) is 11.2. The van der Waals surface area contributed by atoms with Gasteiger partial charge in [0.25, 0.3) is 0 Å². The van der Waals surface area contributed by atoms with E-state index in [-0.39, 0.29) is 12.1 Å². The number of aromatic amines is 1. The van der Waals surface area contributed by atoms with E-state index < -0.39 is 5.76 Å². The number of oxazole rings is 1. The number of aromatic nitrogens is 1. The summed E-state index contributed by atoms with van der Waals surface area (Å²) in [6.45, 7) is 0.0758. The van der Waals surface area contributed by atoms with Gasteiger partial charge in [-0.3, -0.25) is 4.98 Å². The molecule has 3 rings (SSSR count). The average molecular weight is 277 g/mol. The molecular formula is C14H19N3O3. The van der Waals surface area contributed by atoms with Gasteiger partial charge in [0, 0.05) is 6.07 Å². The summed E-state index contributed by atoms with van der Waals surface area (Å²) in [5.74, 6) is -0.494. The molecule has 1 fully saturated rings. The number of rotatable bonds is 3. The van der Waals surface area contributed by atoms with Gasteiger partial charge in [-0.2, -0.15) is 0 Å². The third kappa shape index (κ3) is 2.27. The molecule has 0 bridgehead atoms. The summed E-state index contributed by atoms with van der Waals surface area (Å²) in [5, 5.41) is 13.1. The van der Waals surface area contributed by atoms with Gasteiger partial charge in [0.15, 0.2) is 5.58 Å². The highest BCUT2D eigenvalue weighted by Gasteiger charge is 2.31. The lowest BCUT2D eigenvalue weighted by molar-refractivity contribution is 0.173. The van der Waals surface area contributed by atoms with Gasteiger partial charge in [-0.15, -0.1) is 0 Å². The topological polar surface area (TPSA) is 104 Å². The number of nitrogens with one attached hydrogen (secondary N) is 2. The van der Waals surface area contributed by atoms with Crippen LogP contribution in [0.15, 0.2) is 21.3 Å². The van der Waals surface area contributed by atoms with Gasteiger partial charge in [0.1, 0.15) is 0 Å². The monoisotopic (exact) mass is 277 g/mol. The highest BCUT2D eigenvalue weighted by atomic mass is 16.4. The summed E-state index contributed by atoms with van der Waals surface area (Å²) in [6.07, 6.45) is 5.23. The summed E-state index contributed by atoms with van der Waals surface area (Å²) < 4.78 is 4.98. The Labute approximate surface area is 116 Å². The Morgan fingerprint density at radius 1 is 1.35 bits per heavy atom. The Balaban J connectivity index is 1.96. The molecule has 0 aliphatic heterocycles. The minimum Gasteiger partial charge on any atom is -0.408 e. The maximum Gasteiger partial charge on any atom is 0.417 e. The molecule has 2 aromatic rings. The molecule has 108 valence electrons. The maximum absolute atomic E-state index is 11.2. The van der Waals surface area contributed by atoms with Gasteiger partial charge < -0.3 is 20.6 Å². The third-order valence-electron chi connectivity index (χ3n) is 4.10. The maximum atomic E-state index is 11.2. The fourth-order valence-corrected chi connectivity index (χ4v) is 2.96. The normalized spacial score (nSPS) is 18.2. The van der Waals surface area contributed by atoms with Crippen molar-refractivity contribution in [1.29, 1.82) is 0 Å². The Hall–Kier alpha value is -1.95. The van der Waals surface area contributed by atoms with Crippen LogP contribution in [0.2, 0.25) is 0 Å². The lowest BCUT2D eigenvalue weighted by Crippen LogP contribution is -2.44. The van der Waals surface area contributed by atoms with E-state index in [2.05, 4.69) is 10.3 Å². The Morgan fingerprint density at radius 3 is 2.80 bits per heavy atom. The Morgan fingerprint density at radius 2 is 2.10 bits per heavy atom. The van der Waals surface area contributed by atoms with Crippen molar-refractivity contribution < 1.29 is 9.52 Å². The number of benzene rings is 1. The average Bonchev–Trinajstić information content (AvgIpc) is 2.79. The Kier molecular flexibility index (Phi) is 3.17. The largest absolute Gasteiger partial charge is 0.417 e. The van der Waals surface area contributed by atoms with Crippen molar-refractivity contribution in [2.45, 2.75) is 37.6 Å². The molecule has 0 unspecified atom stereocenters.